The molecule has 1 aliphatic heterocycles. The number of hydrogen-bond donors (Lipinski definition) is 1. The van der Waals surface area contributed by atoms with Crippen LogP contribution in [0.1, 0.15) is 12.0 Å². The number of methoxy groups -OCH3 is 1. The van der Waals surface area contributed by atoms with Crippen LogP contribution in [0.2, 0.25) is 0 Å². The summed E-state index contributed by atoms with van der Waals surface area (Å²) in [6.45, 7) is 4.69. The van der Waals surface area contributed by atoms with E-state index in [0.29, 0.717) is 25.9 Å². The molecule has 186 valence electrons. The number of nitrogens with zero attached hydrogens (tertiary/aromatic N) is 6. The van der Waals surface area contributed by atoms with Gasteiger partial charge in [-0.15, -0.1) is 0 Å². The summed E-state index contributed by atoms with van der Waals surface area (Å²) in [6.07, 6.45) is 4.56. The number of fused-ring (bicyclic) bond motifs is 1. The summed E-state index contributed by atoms with van der Waals surface area (Å²) >= 11 is 0. The van der Waals surface area contributed by atoms with Gasteiger partial charge in [-0.3, -0.25) is 4.79 Å². The van der Waals surface area contributed by atoms with Gasteiger partial charge in [-0.05, 0) is 36.2 Å². The van der Waals surface area contributed by atoms with Crippen LogP contribution >= 0.6 is 0 Å². The Kier molecular flexibility index (Phi) is 7.25. The first-order chi connectivity index (χ1) is 17.7. The minimum atomic E-state index is 0.0221. The van der Waals surface area contributed by atoms with Gasteiger partial charge < -0.3 is 19.9 Å². The minimum Gasteiger partial charge on any atom is -0.497 e. The van der Waals surface area contributed by atoms with Gasteiger partial charge in [0, 0.05) is 44.8 Å². The van der Waals surface area contributed by atoms with Crippen molar-refractivity contribution in [1.82, 2.24) is 25.1 Å². The fourth-order valence-corrected chi connectivity index (χ4v) is 4.55. The largest absolute Gasteiger partial charge is 0.497 e. The number of anilines is 2. The van der Waals surface area contributed by atoms with E-state index in [-0.39, 0.29) is 5.91 Å². The molecule has 0 atom stereocenters. The topological polar surface area (TPSA) is 88.4 Å². The van der Waals surface area contributed by atoms with E-state index in [2.05, 4.69) is 54.4 Å². The Bertz CT molecular complexity index is 1280. The van der Waals surface area contributed by atoms with Crippen LogP contribution in [0.3, 0.4) is 0 Å². The van der Waals surface area contributed by atoms with Crippen LogP contribution < -0.4 is 19.9 Å². The Morgan fingerprint density at radius 3 is 2.47 bits per heavy atom. The van der Waals surface area contributed by atoms with Gasteiger partial charge in [-0.1, -0.05) is 30.3 Å². The molecule has 1 aliphatic rings. The van der Waals surface area contributed by atoms with Crippen LogP contribution in [0, 0.1) is 0 Å². The van der Waals surface area contributed by atoms with Gasteiger partial charge in [-0.25, -0.2) is 14.6 Å². The molecule has 1 amide bonds. The Morgan fingerprint density at radius 1 is 0.972 bits per heavy atom. The molecule has 5 rings (SSSR count). The molecule has 9 heteroatoms. The van der Waals surface area contributed by atoms with Crippen molar-refractivity contribution >= 4 is 28.4 Å². The Hall–Kier alpha value is -4.14. The number of nitrogens with one attached hydrogen (secondary N) is 1. The first-order valence-corrected chi connectivity index (χ1v) is 12.3. The maximum absolute atomic E-state index is 12.3. The molecule has 0 spiro atoms. The smallest absolute Gasteiger partial charge is 0.220 e. The second-order valence-electron chi connectivity index (χ2n) is 8.81. The van der Waals surface area contributed by atoms with E-state index in [1.54, 1.807) is 13.4 Å². The maximum atomic E-state index is 12.3. The molecule has 0 unspecified atom stereocenters. The van der Waals surface area contributed by atoms with Crippen LogP contribution in [-0.4, -0.2) is 65.5 Å². The maximum Gasteiger partial charge on any atom is 0.220 e. The third kappa shape index (κ3) is 5.40. The lowest BCUT2D eigenvalue weighted by atomic mass is 10.1. The zero-order valence-corrected chi connectivity index (χ0v) is 20.5. The molecule has 3 heterocycles. The van der Waals surface area contributed by atoms with Gasteiger partial charge in [0.2, 0.25) is 5.91 Å². The Morgan fingerprint density at radius 2 is 1.72 bits per heavy atom. The molecule has 1 N–H and O–H groups in total. The van der Waals surface area contributed by atoms with Crippen LogP contribution in [0.15, 0.2) is 67.1 Å². The highest BCUT2D eigenvalue weighted by Gasteiger charge is 2.21. The van der Waals surface area contributed by atoms with E-state index < -0.39 is 0 Å². The van der Waals surface area contributed by atoms with Crippen LogP contribution in [0.5, 0.6) is 5.75 Å². The van der Waals surface area contributed by atoms with E-state index in [0.717, 1.165) is 54.3 Å². The lowest BCUT2D eigenvalue weighted by Crippen LogP contribution is -2.46. The SMILES string of the molecule is COc1ccc(CCC(=O)NCCn2ncc3c(N4CCN(c5ccccc5)CC4)ncnc32)cc1. The zero-order chi connectivity index (χ0) is 24.7. The molecule has 1 saturated heterocycles. The fourth-order valence-electron chi connectivity index (χ4n) is 4.55. The van der Waals surface area contributed by atoms with Crippen molar-refractivity contribution in [3.05, 3.63) is 72.7 Å². The molecule has 2 aromatic heterocycles. The number of aryl methyl sites for hydroxylation is 1. The van der Waals surface area contributed by atoms with Crippen LogP contribution in [-0.2, 0) is 17.8 Å². The number of hydrogen-bond acceptors (Lipinski definition) is 7. The molecule has 0 saturated carbocycles. The first-order valence-electron chi connectivity index (χ1n) is 12.3. The number of piperazine rings is 1. The summed E-state index contributed by atoms with van der Waals surface area (Å²) in [5.41, 5.74) is 3.15. The van der Waals surface area contributed by atoms with Gasteiger partial charge in [-0.2, -0.15) is 5.10 Å². The summed E-state index contributed by atoms with van der Waals surface area (Å²) in [6, 6.07) is 18.3. The molecular weight excluding hydrogens is 454 g/mol. The van der Waals surface area contributed by atoms with Crippen molar-refractivity contribution in [2.24, 2.45) is 0 Å². The molecular formula is C27H31N7O2. The highest BCUT2D eigenvalue weighted by molar-refractivity contribution is 5.86. The number of aromatic nitrogens is 4. The van der Waals surface area contributed by atoms with Crippen molar-refractivity contribution in [3.8, 4) is 5.75 Å². The predicted molar refractivity (Wildman–Crippen MR) is 141 cm³/mol. The monoisotopic (exact) mass is 485 g/mol. The molecule has 0 radical (unpaired) electrons. The summed E-state index contributed by atoms with van der Waals surface area (Å²) in [5.74, 6) is 1.76. The number of carbonyl (C=O) groups excluding carboxylic acids is 1. The standard InChI is InChI=1S/C27H31N7O2/c1-36-23-10-7-21(8-11-23)9-12-25(35)28-13-14-34-27-24(19-31-34)26(29-20-30-27)33-17-15-32(16-18-33)22-5-3-2-4-6-22/h2-8,10-11,19-20H,9,12-18H2,1H3,(H,28,35). The molecule has 2 aromatic carbocycles. The molecule has 36 heavy (non-hydrogen) atoms. The quantitative estimate of drug-likeness (QED) is 0.390. The summed E-state index contributed by atoms with van der Waals surface area (Å²) in [4.78, 5) is 26.1. The average Bonchev–Trinajstić information content (AvgIpc) is 3.36. The van der Waals surface area contributed by atoms with Crippen molar-refractivity contribution in [2.45, 2.75) is 19.4 Å². The number of para-hydroxylation sites is 1. The second kappa shape index (κ2) is 11.1. The van der Waals surface area contributed by atoms with Gasteiger partial charge in [0.15, 0.2) is 5.65 Å². The highest BCUT2D eigenvalue weighted by Crippen LogP contribution is 2.25. The molecule has 0 bridgehead atoms. The van der Waals surface area contributed by atoms with Crippen molar-refractivity contribution in [2.75, 3.05) is 49.6 Å². The third-order valence-electron chi connectivity index (χ3n) is 6.56. The van der Waals surface area contributed by atoms with Gasteiger partial charge >= 0.3 is 0 Å². The highest BCUT2D eigenvalue weighted by atomic mass is 16.5. The Labute approximate surface area is 210 Å². The van der Waals surface area contributed by atoms with Crippen molar-refractivity contribution in [3.63, 3.8) is 0 Å². The molecule has 9 nitrogen and oxygen atoms in total. The predicted octanol–water partition coefficient (Wildman–Crippen LogP) is 2.91. The number of rotatable bonds is 9. The summed E-state index contributed by atoms with van der Waals surface area (Å²) in [5, 5.41) is 8.47. The fraction of sp³-hybridized carbons (Fsp3) is 0.333. The van der Waals surface area contributed by atoms with E-state index in [1.807, 2.05) is 41.2 Å². The number of ether oxygens (including phenoxy) is 1. The molecule has 1 fully saturated rings. The van der Waals surface area contributed by atoms with E-state index in [4.69, 9.17) is 4.74 Å². The summed E-state index contributed by atoms with van der Waals surface area (Å²) < 4.78 is 7.01. The number of amides is 1. The normalized spacial score (nSPS) is 13.7. The van der Waals surface area contributed by atoms with Gasteiger partial charge in [0.05, 0.1) is 25.2 Å². The average molecular weight is 486 g/mol. The van der Waals surface area contributed by atoms with Gasteiger partial charge in [0.1, 0.15) is 17.9 Å². The molecule has 0 aliphatic carbocycles. The second-order valence-corrected chi connectivity index (χ2v) is 8.81. The lowest BCUT2D eigenvalue weighted by molar-refractivity contribution is -0.121. The van der Waals surface area contributed by atoms with E-state index in [1.165, 1.54) is 5.69 Å². The van der Waals surface area contributed by atoms with Gasteiger partial charge in [0.25, 0.3) is 0 Å². The van der Waals surface area contributed by atoms with Crippen molar-refractivity contribution < 1.29 is 9.53 Å². The zero-order valence-electron chi connectivity index (χ0n) is 20.5. The van der Waals surface area contributed by atoms with Crippen molar-refractivity contribution in [1.29, 1.82) is 0 Å². The molecule has 4 aromatic rings. The third-order valence-corrected chi connectivity index (χ3v) is 6.56. The lowest BCUT2D eigenvalue weighted by Gasteiger charge is -2.36. The minimum absolute atomic E-state index is 0.0221. The van der Waals surface area contributed by atoms with Crippen LogP contribution in [0.4, 0.5) is 11.5 Å². The van der Waals surface area contributed by atoms with E-state index in [9.17, 15) is 4.79 Å². The van der Waals surface area contributed by atoms with E-state index >= 15 is 0 Å². The number of carbonyl (C=O) groups is 1. The van der Waals surface area contributed by atoms with Crippen LogP contribution in [0.25, 0.3) is 11.0 Å². The first kappa shape index (κ1) is 23.6. The number of benzene rings is 2. The Balaban J connectivity index is 1.14. The summed E-state index contributed by atoms with van der Waals surface area (Å²) in [7, 11) is 1.64.